The molecule has 122 valence electrons. The number of para-hydroxylation sites is 1. The lowest BCUT2D eigenvalue weighted by Gasteiger charge is -2.30. The van der Waals surface area contributed by atoms with E-state index >= 15 is 0 Å². The van der Waals surface area contributed by atoms with Gasteiger partial charge in [0.25, 0.3) is 5.56 Å². The molecule has 1 aliphatic rings. The molecule has 0 saturated carbocycles. The van der Waals surface area contributed by atoms with Crippen LogP contribution in [0.3, 0.4) is 0 Å². The van der Waals surface area contributed by atoms with Crippen LogP contribution >= 0.6 is 0 Å². The van der Waals surface area contributed by atoms with Crippen LogP contribution in [0.4, 0.5) is 5.95 Å². The van der Waals surface area contributed by atoms with E-state index in [-0.39, 0.29) is 5.56 Å². The van der Waals surface area contributed by atoms with Gasteiger partial charge in [0.2, 0.25) is 5.95 Å². The Morgan fingerprint density at radius 2 is 1.67 bits per heavy atom. The van der Waals surface area contributed by atoms with Crippen LogP contribution in [-0.4, -0.2) is 35.9 Å². The highest BCUT2D eigenvalue weighted by Crippen LogP contribution is 2.17. The second-order valence-electron chi connectivity index (χ2n) is 5.91. The van der Waals surface area contributed by atoms with E-state index in [1.54, 1.807) is 4.57 Å². The molecule has 5 nitrogen and oxygen atoms in total. The number of ether oxygens (including phenoxy) is 1. The molecular weight excluding hydrogens is 302 g/mol. The van der Waals surface area contributed by atoms with E-state index in [0.29, 0.717) is 25.1 Å². The van der Waals surface area contributed by atoms with Crippen molar-refractivity contribution in [1.29, 1.82) is 0 Å². The number of anilines is 1. The Kier molecular flexibility index (Phi) is 4.01. The van der Waals surface area contributed by atoms with Gasteiger partial charge in [-0.2, -0.15) is 0 Å². The Balaban J connectivity index is 1.87. The van der Waals surface area contributed by atoms with E-state index in [9.17, 15) is 4.79 Å². The molecule has 0 atom stereocenters. The van der Waals surface area contributed by atoms with Gasteiger partial charge in [0, 0.05) is 13.1 Å². The summed E-state index contributed by atoms with van der Waals surface area (Å²) >= 11 is 0. The third-order valence-corrected chi connectivity index (χ3v) is 4.32. The van der Waals surface area contributed by atoms with Crippen LogP contribution in [0.15, 0.2) is 59.4 Å². The van der Waals surface area contributed by atoms with E-state index in [0.717, 1.165) is 30.1 Å². The lowest BCUT2D eigenvalue weighted by atomic mass is 10.2. The van der Waals surface area contributed by atoms with Gasteiger partial charge in [-0.1, -0.05) is 42.5 Å². The Bertz CT molecular complexity index is 899. The van der Waals surface area contributed by atoms with Gasteiger partial charge >= 0.3 is 0 Å². The van der Waals surface area contributed by atoms with E-state index < -0.39 is 0 Å². The number of nitrogens with zero attached hydrogens (tertiary/aromatic N) is 3. The number of morpholine rings is 1. The Morgan fingerprint density at radius 3 is 2.46 bits per heavy atom. The summed E-state index contributed by atoms with van der Waals surface area (Å²) in [5.41, 5.74) is 1.84. The monoisotopic (exact) mass is 321 g/mol. The van der Waals surface area contributed by atoms with Crippen molar-refractivity contribution >= 4 is 16.9 Å². The molecule has 0 amide bonds. The zero-order valence-corrected chi connectivity index (χ0v) is 13.4. The van der Waals surface area contributed by atoms with Gasteiger partial charge in [0.1, 0.15) is 0 Å². The molecule has 1 aliphatic heterocycles. The maximum absolute atomic E-state index is 13.1. The number of rotatable bonds is 3. The maximum atomic E-state index is 13.1. The number of benzene rings is 2. The van der Waals surface area contributed by atoms with E-state index in [1.807, 2.05) is 54.6 Å². The first kappa shape index (κ1) is 14.9. The molecule has 4 rings (SSSR count). The number of hydrogen-bond acceptors (Lipinski definition) is 4. The van der Waals surface area contributed by atoms with Gasteiger partial charge in [-0.05, 0) is 17.7 Å². The molecular formula is C19H19N3O2. The predicted molar refractivity (Wildman–Crippen MR) is 94.6 cm³/mol. The zero-order valence-electron chi connectivity index (χ0n) is 13.4. The highest BCUT2D eigenvalue weighted by molar-refractivity contribution is 5.78. The standard InChI is InChI=1S/C19H19N3O2/c23-18-16-8-4-5-9-17(16)20-19(21-10-12-24-13-11-21)22(18)14-15-6-2-1-3-7-15/h1-9H,10-14H2. The van der Waals surface area contributed by atoms with Crippen molar-refractivity contribution in [3.63, 3.8) is 0 Å². The Morgan fingerprint density at radius 1 is 0.958 bits per heavy atom. The summed E-state index contributed by atoms with van der Waals surface area (Å²) in [5.74, 6) is 0.728. The number of hydrogen-bond donors (Lipinski definition) is 0. The van der Waals surface area contributed by atoms with Crippen LogP contribution in [0, 0.1) is 0 Å². The van der Waals surface area contributed by atoms with Crippen molar-refractivity contribution in [2.45, 2.75) is 6.54 Å². The summed E-state index contributed by atoms with van der Waals surface area (Å²) in [7, 11) is 0. The molecule has 1 saturated heterocycles. The summed E-state index contributed by atoms with van der Waals surface area (Å²) in [6, 6.07) is 17.6. The molecule has 3 aromatic rings. The maximum Gasteiger partial charge on any atom is 0.263 e. The van der Waals surface area contributed by atoms with Gasteiger partial charge in [0.15, 0.2) is 0 Å². The van der Waals surface area contributed by atoms with Crippen molar-refractivity contribution in [3.8, 4) is 0 Å². The SMILES string of the molecule is O=c1c2ccccc2nc(N2CCOCC2)n1Cc1ccccc1. The molecule has 24 heavy (non-hydrogen) atoms. The molecule has 0 unspecified atom stereocenters. The largest absolute Gasteiger partial charge is 0.378 e. The van der Waals surface area contributed by atoms with Crippen molar-refractivity contribution < 1.29 is 4.74 Å². The average molecular weight is 321 g/mol. The lowest BCUT2D eigenvalue weighted by Crippen LogP contribution is -2.40. The van der Waals surface area contributed by atoms with Crippen LogP contribution in [0.1, 0.15) is 5.56 Å². The van der Waals surface area contributed by atoms with Crippen molar-refractivity contribution in [2.24, 2.45) is 0 Å². The van der Waals surface area contributed by atoms with Crippen LogP contribution in [-0.2, 0) is 11.3 Å². The molecule has 0 aliphatic carbocycles. The summed E-state index contributed by atoms with van der Waals surface area (Å²) in [6.45, 7) is 3.34. The minimum atomic E-state index is 0.00550. The minimum absolute atomic E-state index is 0.00550. The van der Waals surface area contributed by atoms with Crippen LogP contribution in [0.2, 0.25) is 0 Å². The smallest absolute Gasteiger partial charge is 0.263 e. The summed E-state index contributed by atoms with van der Waals surface area (Å²) in [6.07, 6.45) is 0. The van der Waals surface area contributed by atoms with Gasteiger partial charge < -0.3 is 9.64 Å². The van der Waals surface area contributed by atoms with Gasteiger partial charge in [-0.15, -0.1) is 0 Å². The van der Waals surface area contributed by atoms with Crippen LogP contribution in [0.5, 0.6) is 0 Å². The molecule has 2 aromatic carbocycles. The highest BCUT2D eigenvalue weighted by Gasteiger charge is 2.19. The molecule has 5 heteroatoms. The van der Waals surface area contributed by atoms with Gasteiger partial charge in [0.05, 0.1) is 30.7 Å². The van der Waals surface area contributed by atoms with Crippen molar-refractivity contribution in [2.75, 3.05) is 31.2 Å². The molecule has 0 bridgehead atoms. The molecule has 1 aromatic heterocycles. The molecule has 2 heterocycles. The fourth-order valence-electron chi connectivity index (χ4n) is 3.07. The molecule has 0 spiro atoms. The second-order valence-corrected chi connectivity index (χ2v) is 5.91. The quantitative estimate of drug-likeness (QED) is 0.742. The molecule has 0 N–H and O–H groups in total. The number of fused-ring (bicyclic) bond motifs is 1. The Hall–Kier alpha value is -2.66. The van der Waals surface area contributed by atoms with E-state index in [4.69, 9.17) is 9.72 Å². The zero-order chi connectivity index (χ0) is 16.4. The summed E-state index contributed by atoms with van der Waals surface area (Å²) < 4.78 is 7.22. The lowest BCUT2D eigenvalue weighted by molar-refractivity contribution is 0.121. The summed E-state index contributed by atoms with van der Waals surface area (Å²) in [4.78, 5) is 20.0. The fraction of sp³-hybridized carbons (Fsp3) is 0.263. The first-order valence-corrected chi connectivity index (χ1v) is 8.19. The van der Waals surface area contributed by atoms with Crippen molar-refractivity contribution in [3.05, 3.63) is 70.5 Å². The molecule has 1 fully saturated rings. The fourth-order valence-corrected chi connectivity index (χ4v) is 3.07. The second kappa shape index (κ2) is 6.45. The minimum Gasteiger partial charge on any atom is -0.378 e. The topological polar surface area (TPSA) is 47.4 Å². The first-order valence-electron chi connectivity index (χ1n) is 8.19. The van der Waals surface area contributed by atoms with Crippen LogP contribution in [0.25, 0.3) is 10.9 Å². The third-order valence-electron chi connectivity index (χ3n) is 4.32. The summed E-state index contributed by atoms with van der Waals surface area (Å²) in [5, 5.41) is 0.658. The first-order chi connectivity index (χ1) is 11.8. The predicted octanol–water partition coefficient (Wildman–Crippen LogP) is 2.28. The Labute approximate surface area is 140 Å². The molecule has 0 radical (unpaired) electrons. The average Bonchev–Trinajstić information content (AvgIpc) is 2.65. The van der Waals surface area contributed by atoms with Gasteiger partial charge in [-0.25, -0.2) is 4.98 Å². The highest BCUT2D eigenvalue weighted by atomic mass is 16.5. The van der Waals surface area contributed by atoms with Crippen LogP contribution < -0.4 is 10.5 Å². The normalized spacial score (nSPS) is 14.9. The van der Waals surface area contributed by atoms with Gasteiger partial charge in [-0.3, -0.25) is 9.36 Å². The van der Waals surface area contributed by atoms with E-state index in [1.165, 1.54) is 0 Å². The number of aromatic nitrogens is 2. The third kappa shape index (κ3) is 2.78. The van der Waals surface area contributed by atoms with E-state index in [2.05, 4.69) is 4.90 Å². The van der Waals surface area contributed by atoms with Crippen molar-refractivity contribution in [1.82, 2.24) is 9.55 Å².